The second kappa shape index (κ2) is 9.83. The number of hydrogen-bond donors (Lipinski definition) is 1. The lowest BCUT2D eigenvalue weighted by molar-refractivity contribution is -0.121. The SMILES string of the molecule is CC[C@@H](CN1CCN(C)CC1)NC(=O)Cc1sc(C)nc1-c1ccc(C)c(C)c1. The van der Waals surface area contributed by atoms with Gasteiger partial charge in [0.1, 0.15) is 0 Å². The summed E-state index contributed by atoms with van der Waals surface area (Å²) >= 11 is 1.63. The number of rotatable bonds is 7. The molecule has 1 aliphatic rings. The van der Waals surface area contributed by atoms with Gasteiger partial charge in [-0.3, -0.25) is 9.69 Å². The maximum atomic E-state index is 12.8. The molecule has 0 saturated carbocycles. The molecule has 1 aliphatic heterocycles. The molecule has 5 nitrogen and oxygen atoms in total. The third-order valence-corrected chi connectivity index (χ3v) is 6.81. The first kappa shape index (κ1) is 21.9. The van der Waals surface area contributed by atoms with Gasteiger partial charge >= 0.3 is 0 Å². The highest BCUT2D eigenvalue weighted by atomic mass is 32.1. The summed E-state index contributed by atoms with van der Waals surface area (Å²) in [6.45, 7) is 13.7. The predicted octanol–water partition coefficient (Wildman–Crippen LogP) is 3.42. The van der Waals surface area contributed by atoms with Crippen molar-refractivity contribution in [3.63, 3.8) is 0 Å². The zero-order valence-corrected chi connectivity index (χ0v) is 19.2. The van der Waals surface area contributed by atoms with Crippen molar-refractivity contribution >= 4 is 17.2 Å². The van der Waals surface area contributed by atoms with E-state index in [1.54, 1.807) is 11.3 Å². The molecule has 0 aliphatic carbocycles. The Morgan fingerprint density at radius 2 is 1.90 bits per heavy atom. The van der Waals surface area contributed by atoms with Crippen molar-refractivity contribution in [2.45, 2.75) is 46.6 Å². The summed E-state index contributed by atoms with van der Waals surface area (Å²) in [5.74, 6) is 0.0970. The van der Waals surface area contributed by atoms with E-state index in [4.69, 9.17) is 4.98 Å². The van der Waals surface area contributed by atoms with E-state index < -0.39 is 0 Å². The van der Waals surface area contributed by atoms with Gasteiger partial charge in [0.15, 0.2) is 0 Å². The number of piperazine rings is 1. The van der Waals surface area contributed by atoms with E-state index in [0.29, 0.717) is 6.42 Å². The summed E-state index contributed by atoms with van der Waals surface area (Å²) in [5.41, 5.74) is 4.58. The molecule has 1 amide bonds. The lowest BCUT2D eigenvalue weighted by Crippen LogP contribution is -2.50. The molecule has 1 N–H and O–H groups in total. The second-order valence-corrected chi connectivity index (χ2v) is 9.54. The molecular formula is C23H34N4OS. The fourth-order valence-corrected chi connectivity index (χ4v) is 4.70. The summed E-state index contributed by atoms with van der Waals surface area (Å²) in [7, 11) is 2.17. The zero-order chi connectivity index (χ0) is 21.0. The van der Waals surface area contributed by atoms with Crippen LogP contribution in [0.2, 0.25) is 0 Å². The number of benzene rings is 1. The highest BCUT2D eigenvalue weighted by Gasteiger charge is 2.20. The topological polar surface area (TPSA) is 48.5 Å². The third kappa shape index (κ3) is 5.87. The van der Waals surface area contributed by atoms with E-state index >= 15 is 0 Å². The number of thiazole rings is 1. The quantitative estimate of drug-likeness (QED) is 0.754. The minimum absolute atomic E-state index is 0.0970. The van der Waals surface area contributed by atoms with Crippen LogP contribution >= 0.6 is 11.3 Å². The summed E-state index contributed by atoms with van der Waals surface area (Å²) in [4.78, 5) is 23.4. The molecule has 6 heteroatoms. The van der Waals surface area contributed by atoms with Crippen LogP contribution < -0.4 is 5.32 Å². The normalized spacial score (nSPS) is 16.7. The van der Waals surface area contributed by atoms with Crippen LogP contribution in [0, 0.1) is 20.8 Å². The number of amides is 1. The van der Waals surface area contributed by atoms with Crippen molar-refractivity contribution in [3.8, 4) is 11.3 Å². The maximum absolute atomic E-state index is 12.8. The van der Waals surface area contributed by atoms with Crippen molar-refractivity contribution in [2.24, 2.45) is 0 Å². The smallest absolute Gasteiger partial charge is 0.225 e. The summed E-state index contributed by atoms with van der Waals surface area (Å²) in [6.07, 6.45) is 1.34. The van der Waals surface area contributed by atoms with E-state index in [2.05, 4.69) is 61.1 Å². The average molecular weight is 415 g/mol. The molecule has 0 radical (unpaired) electrons. The fourth-order valence-electron chi connectivity index (χ4n) is 3.75. The van der Waals surface area contributed by atoms with Gasteiger partial charge in [-0.25, -0.2) is 4.98 Å². The summed E-state index contributed by atoms with van der Waals surface area (Å²) in [5, 5.41) is 4.27. The van der Waals surface area contributed by atoms with Crippen LogP contribution in [0.25, 0.3) is 11.3 Å². The zero-order valence-electron chi connectivity index (χ0n) is 18.4. The van der Waals surface area contributed by atoms with E-state index in [9.17, 15) is 4.79 Å². The van der Waals surface area contributed by atoms with Crippen LogP contribution in [-0.4, -0.2) is 66.5 Å². The predicted molar refractivity (Wildman–Crippen MR) is 122 cm³/mol. The number of nitrogens with zero attached hydrogens (tertiary/aromatic N) is 3. The largest absolute Gasteiger partial charge is 0.352 e. The first-order chi connectivity index (χ1) is 13.9. The third-order valence-electron chi connectivity index (χ3n) is 5.84. The van der Waals surface area contributed by atoms with Gasteiger partial charge in [0.2, 0.25) is 5.91 Å². The molecule has 2 aromatic rings. The molecule has 1 fully saturated rings. The van der Waals surface area contributed by atoms with Crippen LogP contribution in [0.3, 0.4) is 0 Å². The Hall–Kier alpha value is -1.76. The summed E-state index contributed by atoms with van der Waals surface area (Å²) in [6, 6.07) is 6.62. The van der Waals surface area contributed by atoms with Crippen molar-refractivity contribution < 1.29 is 4.79 Å². The number of aromatic nitrogens is 1. The van der Waals surface area contributed by atoms with Crippen molar-refractivity contribution in [2.75, 3.05) is 39.8 Å². The van der Waals surface area contributed by atoms with E-state index in [1.165, 1.54) is 11.1 Å². The molecular weight excluding hydrogens is 380 g/mol. The van der Waals surface area contributed by atoms with Gasteiger partial charge in [0.05, 0.1) is 17.1 Å². The fraction of sp³-hybridized carbons (Fsp3) is 0.565. The monoisotopic (exact) mass is 414 g/mol. The molecule has 158 valence electrons. The van der Waals surface area contributed by atoms with Crippen LogP contribution in [0.1, 0.15) is 34.4 Å². The lowest BCUT2D eigenvalue weighted by atomic mass is 10.0. The maximum Gasteiger partial charge on any atom is 0.225 e. The minimum Gasteiger partial charge on any atom is -0.352 e. The standard InChI is InChI=1S/C23H34N4OS/c1-6-20(15-27-11-9-26(5)10-12-27)25-22(28)14-21-23(24-18(4)29-21)19-8-7-16(2)17(3)13-19/h7-8,13,20H,6,9-12,14-15H2,1-5H3,(H,25,28)/t20-/m0/s1. The van der Waals surface area contributed by atoms with Gasteiger partial charge in [-0.1, -0.05) is 19.1 Å². The molecule has 1 atom stereocenters. The molecule has 0 bridgehead atoms. The van der Waals surface area contributed by atoms with Crippen LogP contribution in [0.5, 0.6) is 0 Å². The summed E-state index contributed by atoms with van der Waals surface area (Å²) < 4.78 is 0. The Morgan fingerprint density at radius 1 is 1.17 bits per heavy atom. The molecule has 1 aromatic carbocycles. The van der Waals surface area contributed by atoms with Gasteiger partial charge in [-0.2, -0.15) is 0 Å². The Kier molecular flexibility index (Phi) is 7.44. The Balaban J connectivity index is 1.64. The van der Waals surface area contributed by atoms with Crippen LogP contribution in [0.4, 0.5) is 0 Å². The number of carbonyl (C=O) groups excluding carboxylic acids is 1. The van der Waals surface area contributed by atoms with E-state index in [0.717, 1.165) is 60.3 Å². The Bertz CT molecular complexity index is 839. The molecule has 1 saturated heterocycles. The number of aryl methyl sites for hydroxylation is 3. The first-order valence-electron chi connectivity index (χ1n) is 10.6. The van der Waals surface area contributed by atoms with Crippen LogP contribution in [-0.2, 0) is 11.2 Å². The number of nitrogens with one attached hydrogen (secondary N) is 1. The van der Waals surface area contributed by atoms with Gasteiger partial charge in [0, 0.05) is 49.2 Å². The van der Waals surface area contributed by atoms with Crippen LogP contribution in [0.15, 0.2) is 18.2 Å². The number of carbonyl (C=O) groups is 1. The number of hydrogen-bond acceptors (Lipinski definition) is 5. The van der Waals surface area contributed by atoms with Gasteiger partial charge in [-0.05, 0) is 51.4 Å². The second-order valence-electron chi connectivity index (χ2n) is 8.26. The van der Waals surface area contributed by atoms with Gasteiger partial charge < -0.3 is 10.2 Å². The van der Waals surface area contributed by atoms with Crippen molar-refractivity contribution in [1.29, 1.82) is 0 Å². The highest BCUT2D eigenvalue weighted by Crippen LogP contribution is 2.29. The number of likely N-dealkylation sites (N-methyl/N-ethyl adjacent to an activating group) is 1. The van der Waals surface area contributed by atoms with E-state index in [1.807, 2.05) is 6.92 Å². The lowest BCUT2D eigenvalue weighted by Gasteiger charge is -2.34. The van der Waals surface area contributed by atoms with E-state index in [-0.39, 0.29) is 11.9 Å². The van der Waals surface area contributed by atoms with Gasteiger partial charge in [0.25, 0.3) is 0 Å². The Labute approximate surface area is 179 Å². The highest BCUT2D eigenvalue weighted by molar-refractivity contribution is 7.12. The minimum atomic E-state index is 0.0970. The molecule has 29 heavy (non-hydrogen) atoms. The molecule has 2 heterocycles. The average Bonchev–Trinajstić information content (AvgIpc) is 3.05. The first-order valence-corrected chi connectivity index (χ1v) is 11.4. The Morgan fingerprint density at radius 3 is 2.55 bits per heavy atom. The van der Waals surface area contributed by atoms with Crippen molar-refractivity contribution in [3.05, 3.63) is 39.2 Å². The molecule has 3 rings (SSSR count). The molecule has 1 aromatic heterocycles. The van der Waals surface area contributed by atoms with Crippen molar-refractivity contribution in [1.82, 2.24) is 20.1 Å². The van der Waals surface area contributed by atoms with Gasteiger partial charge in [-0.15, -0.1) is 11.3 Å². The molecule has 0 spiro atoms. The molecule has 0 unspecified atom stereocenters.